The van der Waals surface area contributed by atoms with Crippen molar-refractivity contribution in [2.24, 2.45) is 5.41 Å². The number of hydrogen-bond donors (Lipinski definition) is 3. The second-order valence-electron chi connectivity index (χ2n) is 9.74. The number of nitrogens with zero attached hydrogens (tertiary/aromatic N) is 2. The Morgan fingerprint density at radius 3 is 2.39 bits per heavy atom. The van der Waals surface area contributed by atoms with Crippen LogP contribution in [0.4, 0.5) is 13.6 Å². The van der Waals surface area contributed by atoms with Crippen molar-refractivity contribution in [3.05, 3.63) is 35.9 Å². The molecule has 3 aliphatic rings. The van der Waals surface area contributed by atoms with Crippen LogP contribution in [0.25, 0.3) is 0 Å². The van der Waals surface area contributed by atoms with Crippen molar-refractivity contribution < 1.29 is 32.8 Å². The quantitative estimate of drug-likeness (QED) is 0.458. The average Bonchev–Trinajstić information content (AvgIpc) is 3.53. The highest BCUT2D eigenvalue weighted by Gasteiger charge is 2.49. The monoisotopic (exact) mass is 503 g/mol. The zero-order valence-corrected chi connectivity index (χ0v) is 19.5. The Morgan fingerprint density at radius 2 is 1.83 bits per heavy atom. The van der Waals surface area contributed by atoms with E-state index in [9.17, 15) is 33.2 Å². The van der Waals surface area contributed by atoms with Crippen molar-refractivity contribution >= 4 is 23.8 Å². The number of hydroxylamine groups is 2. The third kappa shape index (κ3) is 5.96. The van der Waals surface area contributed by atoms with Gasteiger partial charge in [-0.15, -0.1) is 5.06 Å². The van der Waals surface area contributed by atoms with Crippen molar-refractivity contribution in [1.82, 2.24) is 21.0 Å². The van der Waals surface area contributed by atoms with Gasteiger partial charge < -0.3 is 15.5 Å². The molecule has 1 aromatic carbocycles. The Kier molecular flexibility index (Phi) is 6.95. The predicted octanol–water partition coefficient (Wildman–Crippen LogP) is 1.57. The van der Waals surface area contributed by atoms with Gasteiger partial charge in [-0.3, -0.25) is 19.7 Å². The zero-order valence-electron chi connectivity index (χ0n) is 19.5. The SMILES string of the molecule is N#CC1(NC(=O)[C@H](CC(F)(F)Cc2ccccc2)NC(=O)ON2CCC3(CC2)CC(=O)NC3=O)CC1. The summed E-state index contributed by atoms with van der Waals surface area (Å²) in [6.45, 7) is 0.319. The Labute approximate surface area is 206 Å². The van der Waals surface area contributed by atoms with Gasteiger partial charge in [-0.2, -0.15) is 5.26 Å². The first-order chi connectivity index (χ1) is 17.0. The van der Waals surface area contributed by atoms with E-state index < -0.39 is 47.8 Å². The molecule has 1 aromatic rings. The van der Waals surface area contributed by atoms with E-state index in [0.29, 0.717) is 18.4 Å². The lowest BCUT2D eigenvalue weighted by Crippen LogP contribution is -2.54. The fourth-order valence-corrected chi connectivity index (χ4v) is 4.57. The first kappa shape index (κ1) is 25.5. The molecule has 0 bridgehead atoms. The largest absolute Gasteiger partial charge is 0.426 e. The number of rotatable bonds is 8. The van der Waals surface area contributed by atoms with Gasteiger partial charge in [0.1, 0.15) is 11.6 Å². The van der Waals surface area contributed by atoms with Crippen LogP contribution in [0, 0.1) is 16.7 Å². The summed E-state index contributed by atoms with van der Waals surface area (Å²) < 4.78 is 29.8. The van der Waals surface area contributed by atoms with Gasteiger partial charge in [0.2, 0.25) is 17.7 Å². The number of piperidine rings is 1. The van der Waals surface area contributed by atoms with Crippen LogP contribution in [0.15, 0.2) is 30.3 Å². The van der Waals surface area contributed by atoms with Crippen LogP contribution in [-0.2, 0) is 25.6 Å². The molecule has 3 fully saturated rings. The third-order valence-electron chi connectivity index (χ3n) is 6.87. The molecule has 1 saturated carbocycles. The molecule has 12 heteroatoms. The lowest BCUT2D eigenvalue weighted by Gasteiger charge is -2.35. The summed E-state index contributed by atoms with van der Waals surface area (Å²) in [5.74, 6) is -4.92. The number of amides is 4. The number of benzene rings is 1. The molecule has 36 heavy (non-hydrogen) atoms. The maximum absolute atomic E-state index is 14.9. The molecular weight excluding hydrogens is 476 g/mol. The van der Waals surface area contributed by atoms with Gasteiger partial charge in [-0.1, -0.05) is 30.3 Å². The summed E-state index contributed by atoms with van der Waals surface area (Å²) in [5.41, 5.74) is -1.56. The van der Waals surface area contributed by atoms with Crippen molar-refractivity contribution in [2.75, 3.05) is 13.1 Å². The van der Waals surface area contributed by atoms with E-state index in [0.717, 1.165) is 0 Å². The van der Waals surface area contributed by atoms with Crippen molar-refractivity contribution in [3.8, 4) is 6.07 Å². The Morgan fingerprint density at radius 1 is 1.17 bits per heavy atom. The van der Waals surface area contributed by atoms with Crippen LogP contribution < -0.4 is 16.0 Å². The third-order valence-corrected chi connectivity index (χ3v) is 6.87. The molecule has 0 unspecified atom stereocenters. The Balaban J connectivity index is 1.37. The molecule has 10 nitrogen and oxygen atoms in total. The molecule has 0 aromatic heterocycles. The number of nitriles is 1. The van der Waals surface area contributed by atoms with Crippen molar-refractivity contribution in [3.63, 3.8) is 0 Å². The molecule has 1 atom stereocenters. The van der Waals surface area contributed by atoms with E-state index in [1.807, 2.05) is 6.07 Å². The number of carbonyl (C=O) groups excluding carboxylic acids is 4. The highest BCUT2D eigenvalue weighted by Crippen LogP contribution is 2.38. The molecule has 2 heterocycles. The second-order valence-corrected chi connectivity index (χ2v) is 9.74. The van der Waals surface area contributed by atoms with E-state index in [2.05, 4.69) is 16.0 Å². The van der Waals surface area contributed by atoms with Crippen LogP contribution in [0.3, 0.4) is 0 Å². The van der Waals surface area contributed by atoms with E-state index in [1.165, 1.54) is 5.06 Å². The molecule has 0 radical (unpaired) electrons. The number of halogens is 2. The lowest BCUT2D eigenvalue weighted by molar-refractivity contribution is -0.148. The van der Waals surface area contributed by atoms with Gasteiger partial charge in [-0.25, -0.2) is 13.6 Å². The molecule has 1 aliphatic carbocycles. The lowest BCUT2D eigenvalue weighted by atomic mass is 9.77. The number of nitrogens with one attached hydrogen (secondary N) is 3. The highest BCUT2D eigenvalue weighted by molar-refractivity contribution is 6.05. The van der Waals surface area contributed by atoms with Crippen molar-refractivity contribution in [1.29, 1.82) is 5.26 Å². The van der Waals surface area contributed by atoms with Gasteiger partial charge in [0.05, 0.1) is 11.5 Å². The Hall–Kier alpha value is -3.59. The number of imide groups is 1. The van der Waals surface area contributed by atoms with E-state index in [4.69, 9.17) is 4.84 Å². The zero-order chi connectivity index (χ0) is 26.0. The summed E-state index contributed by atoms with van der Waals surface area (Å²) in [7, 11) is 0. The van der Waals surface area contributed by atoms with Gasteiger partial charge in [0.15, 0.2) is 0 Å². The number of hydrogen-bond acceptors (Lipinski definition) is 7. The summed E-state index contributed by atoms with van der Waals surface area (Å²) >= 11 is 0. The van der Waals surface area contributed by atoms with Gasteiger partial charge in [-0.05, 0) is 31.2 Å². The summed E-state index contributed by atoms with van der Waals surface area (Å²) in [5, 5.41) is 17.5. The standard InChI is InChI=1S/C24H27F2N5O5/c25-24(26,12-16-4-2-1-3-5-16)13-17(19(33)30-23(15-27)6-7-23)28-21(35)36-31-10-8-22(9-11-31)14-18(32)29-20(22)34/h1-5,17H,6-14H2,(H,28,35)(H,30,33)(H,29,32,34)/t17-/m0/s1. The van der Waals surface area contributed by atoms with Gasteiger partial charge in [0, 0.05) is 32.4 Å². The van der Waals surface area contributed by atoms with Crippen LogP contribution in [0.1, 0.15) is 44.1 Å². The minimum absolute atomic E-state index is 0.0747. The minimum Gasteiger partial charge on any atom is -0.351 e. The van der Waals surface area contributed by atoms with Gasteiger partial charge >= 0.3 is 6.09 Å². The molecule has 4 rings (SSSR count). The smallest absolute Gasteiger partial charge is 0.351 e. The fourth-order valence-electron chi connectivity index (χ4n) is 4.57. The predicted molar refractivity (Wildman–Crippen MR) is 120 cm³/mol. The number of carbonyl (C=O) groups is 4. The van der Waals surface area contributed by atoms with Crippen LogP contribution in [0.2, 0.25) is 0 Å². The highest BCUT2D eigenvalue weighted by atomic mass is 19.3. The average molecular weight is 504 g/mol. The summed E-state index contributed by atoms with van der Waals surface area (Å²) in [6, 6.07) is 8.36. The van der Waals surface area contributed by atoms with Crippen LogP contribution in [-0.4, -0.2) is 59.5 Å². The topological polar surface area (TPSA) is 141 Å². The van der Waals surface area contributed by atoms with E-state index in [-0.39, 0.29) is 44.2 Å². The first-order valence-corrected chi connectivity index (χ1v) is 11.8. The van der Waals surface area contributed by atoms with E-state index in [1.54, 1.807) is 30.3 Å². The molecule has 2 saturated heterocycles. The van der Waals surface area contributed by atoms with Crippen LogP contribution >= 0.6 is 0 Å². The first-order valence-electron chi connectivity index (χ1n) is 11.8. The maximum atomic E-state index is 14.9. The molecule has 2 aliphatic heterocycles. The Bertz CT molecular complexity index is 1080. The van der Waals surface area contributed by atoms with Crippen molar-refractivity contribution in [2.45, 2.75) is 62.4 Å². The molecule has 4 amide bonds. The van der Waals surface area contributed by atoms with E-state index >= 15 is 0 Å². The minimum atomic E-state index is -3.33. The summed E-state index contributed by atoms with van der Waals surface area (Å²) in [6.07, 6.45) is -1.29. The number of alkyl halides is 2. The fraction of sp³-hybridized carbons (Fsp3) is 0.542. The molecule has 3 N–H and O–H groups in total. The molecule has 192 valence electrons. The molecular formula is C24H27F2N5O5. The van der Waals surface area contributed by atoms with Gasteiger partial charge in [0.25, 0.3) is 5.92 Å². The second kappa shape index (κ2) is 9.81. The summed E-state index contributed by atoms with van der Waals surface area (Å²) in [4.78, 5) is 54.2. The normalized spacial score (nSPS) is 21.2. The van der Waals surface area contributed by atoms with Crippen LogP contribution in [0.5, 0.6) is 0 Å². The maximum Gasteiger partial charge on any atom is 0.426 e. The molecule has 1 spiro atoms.